The molecule has 23 heavy (non-hydrogen) atoms. The molecule has 0 fully saturated rings. The Morgan fingerprint density at radius 1 is 1.09 bits per heavy atom. The Balaban J connectivity index is 1.93. The fourth-order valence-electron chi connectivity index (χ4n) is 2.21. The molecule has 0 unspecified atom stereocenters. The van der Waals surface area contributed by atoms with Gasteiger partial charge in [0.05, 0.1) is 6.54 Å². The Morgan fingerprint density at radius 3 is 2.52 bits per heavy atom. The van der Waals surface area contributed by atoms with E-state index in [-0.39, 0.29) is 18.5 Å². The molecular formula is C18H20F2N2O. The largest absolute Gasteiger partial charge is 0.325 e. The Labute approximate surface area is 134 Å². The van der Waals surface area contributed by atoms with Gasteiger partial charge in [0.1, 0.15) is 0 Å². The number of anilines is 1. The van der Waals surface area contributed by atoms with Crippen molar-refractivity contribution in [3.8, 4) is 0 Å². The lowest BCUT2D eigenvalue weighted by atomic mass is 10.1. The van der Waals surface area contributed by atoms with Gasteiger partial charge in [0.25, 0.3) is 0 Å². The highest BCUT2D eigenvalue weighted by Crippen LogP contribution is 2.17. The molecule has 2 rings (SSSR count). The van der Waals surface area contributed by atoms with Gasteiger partial charge >= 0.3 is 0 Å². The van der Waals surface area contributed by atoms with Gasteiger partial charge in [0, 0.05) is 11.7 Å². The van der Waals surface area contributed by atoms with E-state index in [2.05, 4.69) is 10.6 Å². The molecule has 1 amide bonds. The highest BCUT2D eigenvalue weighted by molar-refractivity contribution is 5.93. The van der Waals surface area contributed by atoms with Gasteiger partial charge in [-0.2, -0.15) is 0 Å². The van der Waals surface area contributed by atoms with Gasteiger partial charge in [0.2, 0.25) is 5.91 Å². The summed E-state index contributed by atoms with van der Waals surface area (Å²) in [6.45, 7) is 5.75. The maximum Gasteiger partial charge on any atom is 0.238 e. The number of nitrogens with one attached hydrogen (secondary N) is 2. The van der Waals surface area contributed by atoms with E-state index in [1.807, 2.05) is 32.0 Å². The molecule has 0 saturated carbocycles. The van der Waals surface area contributed by atoms with Crippen molar-refractivity contribution in [2.75, 3.05) is 11.9 Å². The first-order valence-electron chi connectivity index (χ1n) is 7.42. The number of halogens is 2. The zero-order chi connectivity index (χ0) is 17.0. The van der Waals surface area contributed by atoms with Gasteiger partial charge < -0.3 is 10.6 Å². The lowest BCUT2D eigenvalue weighted by Crippen LogP contribution is -2.30. The second-order valence-corrected chi connectivity index (χ2v) is 5.64. The maximum absolute atomic E-state index is 13.2. The summed E-state index contributed by atoms with van der Waals surface area (Å²) in [6, 6.07) is 9.28. The first kappa shape index (κ1) is 17.1. The van der Waals surface area contributed by atoms with Crippen molar-refractivity contribution in [2.45, 2.75) is 26.8 Å². The minimum Gasteiger partial charge on any atom is -0.325 e. The van der Waals surface area contributed by atoms with Gasteiger partial charge in [-0.3, -0.25) is 4.79 Å². The number of amides is 1. The van der Waals surface area contributed by atoms with Crippen LogP contribution in [0.4, 0.5) is 14.5 Å². The SMILES string of the molecule is Cc1ccc(C)c(NC(=O)CN[C@H](C)c2ccc(F)c(F)c2)c1. The van der Waals surface area contributed by atoms with Crippen LogP contribution in [-0.4, -0.2) is 12.5 Å². The van der Waals surface area contributed by atoms with Crippen LogP contribution in [0.15, 0.2) is 36.4 Å². The predicted molar refractivity (Wildman–Crippen MR) is 87.3 cm³/mol. The monoisotopic (exact) mass is 318 g/mol. The number of carbonyl (C=O) groups excluding carboxylic acids is 1. The average molecular weight is 318 g/mol. The summed E-state index contributed by atoms with van der Waals surface area (Å²) >= 11 is 0. The van der Waals surface area contributed by atoms with Crippen LogP contribution in [0.5, 0.6) is 0 Å². The van der Waals surface area contributed by atoms with Crippen LogP contribution in [-0.2, 0) is 4.79 Å². The first-order chi connectivity index (χ1) is 10.9. The fraction of sp³-hybridized carbons (Fsp3) is 0.278. The second-order valence-electron chi connectivity index (χ2n) is 5.64. The molecule has 1 atom stereocenters. The summed E-state index contributed by atoms with van der Waals surface area (Å²) < 4.78 is 26.2. The molecule has 3 nitrogen and oxygen atoms in total. The predicted octanol–water partition coefficient (Wildman–Crippen LogP) is 3.87. The molecule has 0 radical (unpaired) electrons. The van der Waals surface area contributed by atoms with Crippen molar-refractivity contribution in [2.24, 2.45) is 0 Å². The summed E-state index contributed by atoms with van der Waals surface area (Å²) in [5.74, 6) is -1.96. The van der Waals surface area contributed by atoms with E-state index in [0.29, 0.717) is 5.56 Å². The highest BCUT2D eigenvalue weighted by atomic mass is 19.2. The lowest BCUT2D eigenvalue weighted by molar-refractivity contribution is -0.115. The summed E-state index contributed by atoms with van der Waals surface area (Å²) in [5, 5.41) is 5.84. The van der Waals surface area contributed by atoms with Crippen LogP contribution in [0.3, 0.4) is 0 Å². The molecule has 2 N–H and O–H groups in total. The van der Waals surface area contributed by atoms with Crippen LogP contribution < -0.4 is 10.6 Å². The van der Waals surface area contributed by atoms with E-state index in [0.717, 1.165) is 28.9 Å². The van der Waals surface area contributed by atoms with Gasteiger partial charge in [-0.1, -0.05) is 18.2 Å². The van der Waals surface area contributed by atoms with Crippen molar-refractivity contribution in [1.29, 1.82) is 0 Å². The standard InChI is InChI=1S/C18H20F2N2O/c1-11-4-5-12(2)17(8-11)22-18(23)10-21-13(3)14-6-7-15(19)16(20)9-14/h4-9,13,21H,10H2,1-3H3,(H,22,23)/t13-/m1/s1. The molecule has 0 heterocycles. The van der Waals surface area contributed by atoms with Crippen molar-refractivity contribution in [3.63, 3.8) is 0 Å². The molecule has 2 aromatic rings. The molecule has 0 aliphatic carbocycles. The lowest BCUT2D eigenvalue weighted by Gasteiger charge is -2.15. The summed E-state index contributed by atoms with van der Waals surface area (Å²) in [5.41, 5.74) is 3.41. The number of carbonyl (C=O) groups is 1. The molecule has 2 aromatic carbocycles. The molecule has 0 aliphatic heterocycles. The molecule has 0 aromatic heterocycles. The first-order valence-corrected chi connectivity index (χ1v) is 7.42. The number of hydrogen-bond donors (Lipinski definition) is 2. The smallest absolute Gasteiger partial charge is 0.238 e. The van der Waals surface area contributed by atoms with Gasteiger partial charge in [-0.05, 0) is 55.7 Å². The molecule has 0 saturated heterocycles. The van der Waals surface area contributed by atoms with E-state index >= 15 is 0 Å². The number of benzene rings is 2. The summed E-state index contributed by atoms with van der Waals surface area (Å²) in [4.78, 5) is 12.0. The minimum absolute atomic E-state index is 0.0769. The van der Waals surface area contributed by atoms with Gasteiger partial charge in [0.15, 0.2) is 11.6 Å². The molecule has 0 bridgehead atoms. The molecule has 0 aliphatic rings. The summed E-state index contributed by atoms with van der Waals surface area (Å²) in [7, 11) is 0. The van der Waals surface area contributed by atoms with Crippen LogP contribution in [0.2, 0.25) is 0 Å². The fourth-order valence-corrected chi connectivity index (χ4v) is 2.21. The second kappa shape index (κ2) is 7.33. The van der Waals surface area contributed by atoms with E-state index in [1.54, 1.807) is 6.92 Å². The Morgan fingerprint density at radius 2 is 1.83 bits per heavy atom. The normalized spacial score (nSPS) is 12.0. The third-order valence-corrected chi connectivity index (χ3v) is 3.68. The van der Waals surface area contributed by atoms with Gasteiger partial charge in [-0.15, -0.1) is 0 Å². The van der Waals surface area contributed by atoms with Crippen LogP contribution in [0, 0.1) is 25.5 Å². The zero-order valence-corrected chi connectivity index (χ0v) is 13.4. The third kappa shape index (κ3) is 4.60. The van der Waals surface area contributed by atoms with Crippen molar-refractivity contribution in [3.05, 3.63) is 64.7 Å². The molecule has 0 spiro atoms. The summed E-state index contributed by atoms with van der Waals surface area (Å²) in [6.07, 6.45) is 0. The topological polar surface area (TPSA) is 41.1 Å². The van der Waals surface area contributed by atoms with Crippen LogP contribution in [0.25, 0.3) is 0 Å². The minimum atomic E-state index is -0.893. The van der Waals surface area contributed by atoms with Crippen molar-refractivity contribution >= 4 is 11.6 Å². The van der Waals surface area contributed by atoms with E-state index in [9.17, 15) is 13.6 Å². The molecular weight excluding hydrogens is 298 g/mol. The zero-order valence-electron chi connectivity index (χ0n) is 13.4. The van der Waals surface area contributed by atoms with E-state index < -0.39 is 11.6 Å². The average Bonchev–Trinajstić information content (AvgIpc) is 2.51. The third-order valence-electron chi connectivity index (χ3n) is 3.68. The highest BCUT2D eigenvalue weighted by Gasteiger charge is 2.11. The molecule has 5 heteroatoms. The number of rotatable bonds is 5. The maximum atomic E-state index is 13.2. The van der Waals surface area contributed by atoms with Crippen LogP contribution in [0.1, 0.15) is 29.7 Å². The Hall–Kier alpha value is -2.27. The van der Waals surface area contributed by atoms with Crippen molar-refractivity contribution < 1.29 is 13.6 Å². The Kier molecular flexibility index (Phi) is 5.45. The van der Waals surface area contributed by atoms with E-state index in [4.69, 9.17) is 0 Å². The Bertz CT molecular complexity index is 716. The number of hydrogen-bond acceptors (Lipinski definition) is 2. The molecule has 122 valence electrons. The number of aryl methyl sites for hydroxylation is 2. The van der Waals surface area contributed by atoms with Crippen molar-refractivity contribution in [1.82, 2.24) is 5.32 Å². The van der Waals surface area contributed by atoms with Gasteiger partial charge in [-0.25, -0.2) is 8.78 Å². The van der Waals surface area contributed by atoms with E-state index in [1.165, 1.54) is 6.07 Å². The quantitative estimate of drug-likeness (QED) is 0.878. The van der Waals surface area contributed by atoms with Crippen LogP contribution >= 0.6 is 0 Å².